The Bertz CT molecular complexity index is 554. The first-order valence-corrected chi connectivity index (χ1v) is 7.41. The number of carbonyl (C=O) groups excluding carboxylic acids is 1. The predicted molar refractivity (Wildman–Crippen MR) is 84.4 cm³/mol. The highest BCUT2D eigenvalue weighted by molar-refractivity contribution is 5.79. The molecule has 120 valence electrons. The number of benzene rings is 1. The summed E-state index contributed by atoms with van der Waals surface area (Å²) in [6, 6.07) is 3.69. The second-order valence-corrected chi connectivity index (χ2v) is 5.19. The quantitative estimate of drug-likeness (QED) is 0.821. The topological polar surface area (TPSA) is 56.8 Å². The van der Waals surface area contributed by atoms with Gasteiger partial charge in [-0.3, -0.25) is 4.79 Å². The molecule has 2 rings (SSSR count). The summed E-state index contributed by atoms with van der Waals surface area (Å²) >= 11 is 0. The van der Waals surface area contributed by atoms with Crippen LogP contribution in [0.3, 0.4) is 0 Å². The van der Waals surface area contributed by atoms with Crippen LogP contribution in [-0.2, 0) is 11.3 Å². The summed E-state index contributed by atoms with van der Waals surface area (Å²) in [6.45, 7) is 0.405. The minimum Gasteiger partial charge on any atom is -0.493 e. The molecule has 1 aromatic rings. The van der Waals surface area contributed by atoms with Crippen molar-refractivity contribution in [1.29, 1.82) is 0 Å². The zero-order valence-corrected chi connectivity index (χ0v) is 13.3. The van der Waals surface area contributed by atoms with Gasteiger partial charge < -0.3 is 19.5 Å². The summed E-state index contributed by atoms with van der Waals surface area (Å²) in [7, 11) is 4.72. The maximum Gasteiger partial charge on any atom is 0.223 e. The normalized spacial score (nSPS) is 17.0. The van der Waals surface area contributed by atoms with Gasteiger partial charge >= 0.3 is 0 Å². The van der Waals surface area contributed by atoms with Crippen LogP contribution < -0.4 is 19.5 Å². The standard InChI is InChI=1S/C17H23NO4/c1-20-14-10-9-13(15(21-2)16(14)22-3)11-18-17(19)12-7-5-4-6-8-12/h4-5,9-10,12H,6-8,11H2,1-3H3,(H,18,19). The van der Waals surface area contributed by atoms with Crippen molar-refractivity contribution in [1.82, 2.24) is 5.32 Å². The highest BCUT2D eigenvalue weighted by Gasteiger charge is 2.20. The van der Waals surface area contributed by atoms with Crippen LogP contribution in [0.15, 0.2) is 24.3 Å². The van der Waals surface area contributed by atoms with Gasteiger partial charge in [0.25, 0.3) is 0 Å². The molecular formula is C17H23NO4. The third kappa shape index (κ3) is 3.53. The van der Waals surface area contributed by atoms with Crippen LogP contribution in [0.4, 0.5) is 0 Å². The Kier molecular flexibility index (Phi) is 5.69. The molecule has 0 radical (unpaired) electrons. The van der Waals surface area contributed by atoms with Gasteiger partial charge in [-0.25, -0.2) is 0 Å². The number of rotatable bonds is 6. The van der Waals surface area contributed by atoms with Crippen LogP contribution in [0.25, 0.3) is 0 Å². The van der Waals surface area contributed by atoms with Crippen LogP contribution in [0.1, 0.15) is 24.8 Å². The molecule has 1 atom stereocenters. The monoisotopic (exact) mass is 305 g/mol. The maximum atomic E-state index is 12.2. The van der Waals surface area contributed by atoms with Gasteiger partial charge in [0.1, 0.15) is 0 Å². The number of methoxy groups -OCH3 is 3. The molecule has 1 unspecified atom stereocenters. The maximum absolute atomic E-state index is 12.2. The fourth-order valence-corrected chi connectivity index (χ4v) is 2.66. The van der Waals surface area contributed by atoms with Crippen molar-refractivity contribution in [2.75, 3.05) is 21.3 Å². The Morgan fingerprint density at radius 3 is 2.50 bits per heavy atom. The van der Waals surface area contributed by atoms with Crippen LogP contribution in [0.2, 0.25) is 0 Å². The Morgan fingerprint density at radius 1 is 1.14 bits per heavy atom. The molecule has 1 aromatic carbocycles. The van der Waals surface area contributed by atoms with Crippen LogP contribution in [0.5, 0.6) is 17.2 Å². The molecule has 22 heavy (non-hydrogen) atoms. The van der Waals surface area contributed by atoms with E-state index >= 15 is 0 Å². The van der Waals surface area contributed by atoms with Gasteiger partial charge in [0.2, 0.25) is 11.7 Å². The average Bonchev–Trinajstić information content (AvgIpc) is 2.59. The fourth-order valence-electron chi connectivity index (χ4n) is 2.66. The van der Waals surface area contributed by atoms with Gasteiger partial charge in [-0.2, -0.15) is 0 Å². The SMILES string of the molecule is COc1ccc(CNC(=O)C2CC=CCC2)c(OC)c1OC. The van der Waals surface area contributed by atoms with Crippen LogP contribution in [0, 0.1) is 5.92 Å². The van der Waals surface area contributed by atoms with Crippen molar-refractivity contribution in [2.24, 2.45) is 5.92 Å². The average molecular weight is 305 g/mol. The molecule has 0 fully saturated rings. The van der Waals surface area contributed by atoms with Gasteiger partial charge in [-0.15, -0.1) is 0 Å². The fraction of sp³-hybridized carbons (Fsp3) is 0.471. The Balaban J connectivity index is 2.09. The molecule has 0 aliphatic heterocycles. The zero-order valence-electron chi connectivity index (χ0n) is 13.3. The number of carbonyl (C=O) groups is 1. The van der Waals surface area contributed by atoms with Crippen molar-refractivity contribution < 1.29 is 19.0 Å². The minimum atomic E-state index is 0.0659. The van der Waals surface area contributed by atoms with Crippen LogP contribution in [-0.4, -0.2) is 27.2 Å². The Hall–Kier alpha value is -2.17. The first-order valence-electron chi connectivity index (χ1n) is 7.41. The summed E-state index contributed by atoms with van der Waals surface area (Å²) in [4.78, 5) is 12.2. The van der Waals surface area contributed by atoms with Gasteiger partial charge in [0.15, 0.2) is 11.5 Å². The van der Waals surface area contributed by atoms with Gasteiger partial charge in [-0.05, 0) is 31.4 Å². The summed E-state index contributed by atoms with van der Waals surface area (Å²) in [5, 5.41) is 2.98. The lowest BCUT2D eigenvalue weighted by molar-refractivity contribution is -0.125. The van der Waals surface area contributed by atoms with E-state index in [1.54, 1.807) is 21.3 Å². The molecule has 0 saturated heterocycles. The first kappa shape index (κ1) is 16.2. The highest BCUT2D eigenvalue weighted by atomic mass is 16.5. The van der Waals surface area contributed by atoms with Crippen LogP contribution >= 0.6 is 0 Å². The van der Waals surface area contributed by atoms with Gasteiger partial charge in [-0.1, -0.05) is 12.2 Å². The highest BCUT2D eigenvalue weighted by Crippen LogP contribution is 2.39. The third-order valence-corrected chi connectivity index (χ3v) is 3.88. The number of allylic oxidation sites excluding steroid dienone is 2. The van der Waals surface area contributed by atoms with Crippen molar-refractivity contribution in [3.05, 3.63) is 29.8 Å². The molecule has 5 heteroatoms. The number of ether oxygens (including phenoxy) is 3. The number of amides is 1. The van der Waals surface area contributed by atoms with E-state index < -0.39 is 0 Å². The number of nitrogens with one attached hydrogen (secondary N) is 1. The number of hydrogen-bond acceptors (Lipinski definition) is 4. The van der Waals surface area contributed by atoms with E-state index in [4.69, 9.17) is 14.2 Å². The molecule has 0 saturated carbocycles. The lowest BCUT2D eigenvalue weighted by atomic mass is 9.93. The third-order valence-electron chi connectivity index (χ3n) is 3.88. The van der Waals surface area contributed by atoms with Gasteiger partial charge in [0, 0.05) is 18.0 Å². The molecule has 1 N–H and O–H groups in total. The summed E-state index contributed by atoms with van der Waals surface area (Å²) in [5.41, 5.74) is 0.861. The molecule has 1 amide bonds. The summed E-state index contributed by atoms with van der Waals surface area (Å²) < 4.78 is 16.0. The van der Waals surface area contributed by atoms with Crippen molar-refractivity contribution >= 4 is 5.91 Å². The molecule has 0 heterocycles. The molecule has 1 aliphatic carbocycles. The van der Waals surface area contributed by atoms with Crippen molar-refractivity contribution in [3.8, 4) is 17.2 Å². The van der Waals surface area contributed by atoms with Crippen molar-refractivity contribution in [3.63, 3.8) is 0 Å². The molecule has 0 spiro atoms. The minimum absolute atomic E-state index is 0.0659. The second-order valence-electron chi connectivity index (χ2n) is 5.19. The van der Waals surface area contributed by atoms with E-state index in [-0.39, 0.29) is 11.8 Å². The Morgan fingerprint density at radius 2 is 1.91 bits per heavy atom. The van der Waals surface area contributed by atoms with E-state index in [0.29, 0.717) is 23.8 Å². The largest absolute Gasteiger partial charge is 0.493 e. The molecular weight excluding hydrogens is 282 g/mol. The van der Waals surface area contributed by atoms with Crippen molar-refractivity contribution in [2.45, 2.75) is 25.8 Å². The first-order chi connectivity index (χ1) is 10.7. The smallest absolute Gasteiger partial charge is 0.223 e. The summed E-state index contributed by atoms with van der Waals surface area (Å²) in [6.07, 6.45) is 6.89. The zero-order chi connectivity index (χ0) is 15.9. The molecule has 1 aliphatic rings. The van der Waals surface area contributed by atoms with E-state index in [9.17, 15) is 4.79 Å². The molecule has 0 aromatic heterocycles. The van der Waals surface area contributed by atoms with Gasteiger partial charge in [0.05, 0.1) is 21.3 Å². The van der Waals surface area contributed by atoms with E-state index in [1.165, 1.54) is 0 Å². The lowest BCUT2D eigenvalue weighted by Crippen LogP contribution is -2.30. The second kappa shape index (κ2) is 7.73. The molecule has 0 bridgehead atoms. The lowest BCUT2D eigenvalue weighted by Gasteiger charge is -2.19. The summed E-state index contributed by atoms with van der Waals surface area (Å²) in [5.74, 6) is 1.88. The van der Waals surface area contributed by atoms with E-state index in [2.05, 4.69) is 17.5 Å². The van der Waals surface area contributed by atoms with E-state index in [0.717, 1.165) is 24.8 Å². The number of hydrogen-bond donors (Lipinski definition) is 1. The molecule has 5 nitrogen and oxygen atoms in total. The Labute approximate surface area is 131 Å². The van der Waals surface area contributed by atoms with E-state index in [1.807, 2.05) is 12.1 Å². The predicted octanol–water partition coefficient (Wildman–Crippen LogP) is 2.68.